The molecule has 0 bridgehead atoms. The molecular formula is C16H23FIN7. The van der Waals surface area contributed by atoms with Crippen LogP contribution < -0.4 is 10.2 Å². The van der Waals surface area contributed by atoms with E-state index in [2.05, 4.69) is 30.2 Å². The highest BCUT2D eigenvalue weighted by Crippen LogP contribution is 2.16. The Balaban J connectivity index is 0.00000225. The second-order valence-corrected chi connectivity index (χ2v) is 5.65. The first-order valence-corrected chi connectivity index (χ1v) is 7.96. The highest BCUT2D eigenvalue weighted by atomic mass is 127. The van der Waals surface area contributed by atoms with Gasteiger partial charge in [0, 0.05) is 46.0 Å². The lowest BCUT2D eigenvalue weighted by Crippen LogP contribution is -2.52. The first-order chi connectivity index (χ1) is 11.7. The van der Waals surface area contributed by atoms with Gasteiger partial charge in [-0.1, -0.05) is 0 Å². The molecule has 0 amide bonds. The predicted octanol–water partition coefficient (Wildman–Crippen LogP) is 1.47. The van der Waals surface area contributed by atoms with Crippen LogP contribution in [0.15, 0.2) is 35.6 Å². The second-order valence-electron chi connectivity index (χ2n) is 5.65. The number of hydrogen-bond donors (Lipinski definition) is 1. The molecule has 1 fully saturated rings. The Morgan fingerprint density at radius 2 is 1.88 bits per heavy atom. The fourth-order valence-corrected chi connectivity index (χ4v) is 2.80. The van der Waals surface area contributed by atoms with Crippen molar-refractivity contribution in [3.63, 3.8) is 0 Å². The van der Waals surface area contributed by atoms with Gasteiger partial charge in [0.25, 0.3) is 0 Å². The molecule has 0 radical (unpaired) electrons. The number of hydrogen-bond acceptors (Lipinski definition) is 4. The van der Waals surface area contributed by atoms with Gasteiger partial charge in [-0.2, -0.15) is 5.10 Å². The Morgan fingerprint density at radius 3 is 2.44 bits per heavy atom. The number of guanidine groups is 1. The van der Waals surface area contributed by atoms with Crippen LogP contribution in [0.3, 0.4) is 0 Å². The highest BCUT2D eigenvalue weighted by molar-refractivity contribution is 14.0. The van der Waals surface area contributed by atoms with Crippen LogP contribution in [0.25, 0.3) is 0 Å². The van der Waals surface area contributed by atoms with Crippen LogP contribution in [0.5, 0.6) is 0 Å². The molecule has 0 spiro atoms. The maximum absolute atomic E-state index is 13.0. The molecule has 0 unspecified atom stereocenters. The number of aromatic nitrogens is 3. The van der Waals surface area contributed by atoms with E-state index in [1.807, 2.05) is 19.2 Å². The van der Waals surface area contributed by atoms with E-state index in [0.717, 1.165) is 43.7 Å². The second kappa shape index (κ2) is 8.97. The molecule has 9 heteroatoms. The monoisotopic (exact) mass is 459 g/mol. The fourth-order valence-electron chi connectivity index (χ4n) is 2.80. The molecule has 3 rings (SSSR count). The molecule has 1 saturated heterocycles. The van der Waals surface area contributed by atoms with Crippen molar-refractivity contribution >= 4 is 35.6 Å². The summed E-state index contributed by atoms with van der Waals surface area (Å²) >= 11 is 0. The van der Waals surface area contributed by atoms with E-state index < -0.39 is 0 Å². The van der Waals surface area contributed by atoms with Crippen molar-refractivity contribution in [3.8, 4) is 0 Å². The van der Waals surface area contributed by atoms with E-state index in [-0.39, 0.29) is 29.8 Å². The van der Waals surface area contributed by atoms with Gasteiger partial charge in [0.15, 0.2) is 5.96 Å². The average molecular weight is 459 g/mol. The maximum Gasteiger partial charge on any atom is 0.194 e. The number of nitrogens with zero attached hydrogens (tertiary/aromatic N) is 6. The van der Waals surface area contributed by atoms with E-state index in [9.17, 15) is 4.39 Å². The van der Waals surface area contributed by atoms with Gasteiger partial charge in [0.2, 0.25) is 0 Å². The standard InChI is InChI=1S/C16H22FN7.HI/c1-18-16(19-11-15-20-12-21-22(15)2)24-9-7-23(8-10-24)14-5-3-13(17)4-6-14;/h3-6,12H,7-11H2,1-2H3,(H,18,19);1H. The van der Waals surface area contributed by atoms with Crippen molar-refractivity contribution in [1.29, 1.82) is 0 Å². The Morgan fingerprint density at radius 1 is 1.20 bits per heavy atom. The Hall–Kier alpha value is -1.91. The molecule has 1 N–H and O–H groups in total. The first-order valence-electron chi connectivity index (χ1n) is 7.96. The molecule has 0 atom stereocenters. The van der Waals surface area contributed by atoms with Crippen molar-refractivity contribution in [2.24, 2.45) is 12.0 Å². The van der Waals surface area contributed by atoms with Gasteiger partial charge in [-0.05, 0) is 24.3 Å². The number of piperazine rings is 1. The smallest absolute Gasteiger partial charge is 0.194 e. The lowest BCUT2D eigenvalue weighted by molar-refractivity contribution is 0.371. The summed E-state index contributed by atoms with van der Waals surface area (Å²) in [5, 5.41) is 7.39. The van der Waals surface area contributed by atoms with Crippen molar-refractivity contribution in [3.05, 3.63) is 42.2 Å². The summed E-state index contributed by atoms with van der Waals surface area (Å²) in [6.45, 7) is 4.04. The third-order valence-corrected chi connectivity index (χ3v) is 4.19. The van der Waals surface area contributed by atoms with Gasteiger partial charge in [-0.3, -0.25) is 9.67 Å². The number of halogens is 2. The Bertz CT molecular complexity index is 693. The number of aryl methyl sites for hydroxylation is 1. The number of rotatable bonds is 3. The van der Waals surface area contributed by atoms with E-state index in [1.54, 1.807) is 18.1 Å². The van der Waals surface area contributed by atoms with Gasteiger partial charge >= 0.3 is 0 Å². The zero-order valence-electron chi connectivity index (χ0n) is 14.4. The van der Waals surface area contributed by atoms with Crippen LogP contribution in [-0.2, 0) is 13.6 Å². The highest BCUT2D eigenvalue weighted by Gasteiger charge is 2.20. The summed E-state index contributed by atoms with van der Waals surface area (Å²) in [4.78, 5) is 13.0. The molecule has 1 aliphatic rings. The van der Waals surface area contributed by atoms with E-state index >= 15 is 0 Å². The molecular weight excluding hydrogens is 436 g/mol. The van der Waals surface area contributed by atoms with E-state index in [4.69, 9.17) is 0 Å². The van der Waals surface area contributed by atoms with Gasteiger partial charge in [0.1, 0.15) is 18.0 Å². The molecule has 1 aliphatic heterocycles. The molecule has 0 saturated carbocycles. The fraction of sp³-hybridized carbons (Fsp3) is 0.438. The first kappa shape index (κ1) is 19.4. The van der Waals surface area contributed by atoms with Crippen LogP contribution in [-0.4, -0.2) is 58.9 Å². The summed E-state index contributed by atoms with van der Waals surface area (Å²) in [7, 11) is 3.65. The van der Waals surface area contributed by atoms with Gasteiger partial charge < -0.3 is 15.1 Å². The minimum atomic E-state index is -0.203. The SMILES string of the molecule is CN=C(NCc1ncnn1C)N1CCN(c2ccc(F)cc2)CC1.I. The number of aliphatic imine (C=N–C) groups is 1. The molecule has 0 aliphatic carbocycles. The average Bonchev–Trinajstić information content (AvgIpc) is 3.02. The predicted molar refractivity (Wildman–Crippen MR) is 107 cm³/mol. The maximum atomic E-state index is 13.0. The van der Waals surface area contributed by atoms with Crippen LogP contribution >= 0.6 is 24.0 Å². The molecule has 25 heavy (non-hydrogen) atoms. The Kier molecular flexibility index (Phi) is 6.97. The third-order valence-electron chi connectivity index (χ3n) is 4.19. The lowest BCUT2D eigenvalue weighted by Gasteiger charge is -2.37. The van der Waals surface area contributed by atoms with Crippen LogP contribution in [0.4, 0.5) is 10.1 Å². The topological polar surface area (TPSA) is 61.6 Å². The lowest BCUT2D eigenvalue weighted by atomic mass is 10.2. The minimum Gasteiger partial charge on any atom is -0.368 e. The van der Waals surface area contributed by atoms with E-state index in [0.29, 0.717) is 6.54 Å². The molecule has 1 aromatic carbocycles. The van der Waals surface area contributed by atoms with Crippen molar-refractivity contribution in [1.82, 2.24) is 25.0 Å². The third kappa shape index (κ3) is 4.80. The van der Waals surface area contributed by atoms with E-state index in [1.165, 1.54) is 12.1 Å². The molecule has 136 valence electrons. The minimum absolute atomic E-state index is 0. The van der Waals surface area contributed by atoms with Gasteiger partial charge in [-0.25, -0.2) is 9.37 Å². The zero-order chi connectivity index (χ0) is 16.9. The van der Waals surface area contributed by atoms with Crippen LogP contribution in [0, 0.1) is 5.82 Å². The molecule has 7 nitrogen and oxygen atoms in total. The largest absolute Gasteiger partial charge is 0.368 e. The van der Waals surface area contributed by atoms with Crippen molar-refractivity contribution in [2.75, 3.05) is 38.1 Å². The summed E-state index contributed by atoms with van der Waals surface area (Å²) in [6.07, 6.45) is 1.54. The van der Waals surface area contributed by atoms with Crippen molar-refractivity contribution in [2.45, 2.75) is 6.54 Å². The molecule has 2 aromatic rings. The summed E-state index contributed by atoms with van der Waals surface area (Å²) in [5.41, 5.74) is 1.05. The summed E-state index contributed by atoms with van der Waals surface area (Å²) in [5.74, 6) is 1.52. The number of anilines is 1. The van der Waals surface area contributed by atoms with Crippen molar-refractivity contribution < 1.29 is 4.39 Å². The number of nitrogens with one attached hydrogen (secondary N) is 1. The van der Waals surface area contributed by atoms with Gasteiger partial charge in [-0.15, -0.1) is 24.0 Å². The summed E-state index contributed by atoms with van der Waals surface area (Å²) < 4.78 is 14.8. The normalized spacial score (nSPS) is 15.1. The van der Waals surface area contributed by atoms with Crippen LogP contribution in [0.2, 0.25) is 0 Å². The zero-order valence-corrected chi connectivity index (χ0v) is 16.7. The summed E-state index contributed by atoms with van der Waals surface area (Å²) in [6, 6.07) is 6.66. The molecule has 2 heterocycles. The van der Waals surface area contributed by atoms with Crippen LogP contribution in [0.1, 0.15) is 5.82 Å². The van der Waals surface area contributed by atoms with Gasteiger partial charge in [0.05, 0.1) is 6.54 Å². The number of benzene rings is 1. The quantitative estimate of drug-likeness (QED) is 0.428. The Labute approximate surface area is 164 Å². The molecule has 1 aromatic heterocycles.